The first-order valence-electron chi connectivity index (χ1n) is 3.68. The lowest BCUT2D eigenvalue weighted by atomic mass is 10.2. The van der Waals surface area contributed by atoms with Gasteiger partial charge in [0, 0.05) is 11.8 Å². The molecule has 3 heteroatoms. The van der Waals surface area contributed by atoms with E-state index in [0.717, 1.165) is 4.90 Å². The molecule has 64 valence electrons. The van der Waals surface area contributed by atoms with Gasteiger partial charge in [-0.05, 0) is 36.6 Å². The van der Waals surface area contributed by atoms with Crippen LogP contribution < -0.4 is 4.72 Å². The molecule has 0 unspecified atom stereocenters. The van der Waals surface area contributed by atoms with Gasteiger partial charge in [-0.2, -0.15) is 0 Å². The van der Waals surface area contributed by atoms with E-state index in [2.05, 4.69) is 4.72 Å². The number of amides is 1. The Labute approximate surface area is 76.5 Å². The van der Waals surface area contributed by atoms with Crippen LogP contribution in [0.3, 0.4) is 0 Å². The van der Waals surface area contributed by atoms with Crippen molar-refractivity contribution in [2.45, 2.75) is 18.7 Å². The minimum Gasteiger partial charge on any atom is -0.296 e. The van der Waals surface area contributed by atoms with Crippen molar-refractivity contribution in [3.8, 4) is 0 Å². The van der Waals surface area contributed by atoms with Crippen LogP contribution in [0.25, 0.3) is 0 Å². The van der Waals surface area contributed by atoms with Crippen molar-refractivity contribution in [1.29, 1.82) is 0 Å². The van der Waals surface area contributed by atoms with E-state index in [1.807, 2.05) is 31.2 Å². The van der Waals surface area contributed by atoms with Crippen LogP contribution in [0.1, 0.15) is 12.5 Å². The predicted octanol–water partition coefficient (Wildman–Crippen LogP) is 2.14. The second kappa shape index (κ2) is 4.16. The molecule has 0 aliphatic heterocycles. The lowest BCUT2D eigenvalue weighted by Crippen LogP contribution is -2.09. The van der Waals surface area contributed by atoms with Gasteiger partial charge in [0.15, 0.2) is 0 Å². The molecule has 0 bridgehead atoms. The first-order valence-corrected chi connectivity index (χ1v) is 4.50. The molecule has 1 aromatic rings. The highest BCUT2D eigenvalue weighted by Gasteiger charge is 1.94. The summed E-state index contributed by atoms with van der Waals surface area (Å²) in [7, 11) is 0. The topological polar surface area (TPSA) is 29.1 Å². The van der Waals surface area contributed by atoms with E-state index in [1.54, 1.807) is 0 Å². The molecule has 0 aromatic heterocycles. The first-order chi connectivity index (χ1) is 5.68. The number of nitrogens with one attached hydrogen (secondary N) is 1. The molecule has 1 aromatic carbocycles. The summed E-state index contributed by atoms with van der Waals surface area (Å²) in [5.74, 6) is -0.0264. The maximum absolute atomic E-state index is 10.6. The van der Waals surface area contributed by atoms with Crippen LogP contribution in [0.4, 0.5) is 0 Å². The highest BCUT2D eigenvalue weighted by atomic mass is 32.2. The fourth-order valence-corrected chi connectivity index (χ4v) is 1.46. The van der Waals surface area contributed by atoms with Gasteiger partial charge in [0.2, 0.25) is 5.91 Å². The van der Waals surface area contributed by atoms with E-state index >= 15 is 0 Å². The number of carbonyl (C=O) groups is 1. The number of hydrogen-bond acceptors (Lipinski definition) is 2. The largest absolute Gasteiger partial charge is 0.296 e. The van der Waals surface area contributed by atoms with Crippen molar-refractivity contribution in [2.75, 3.05) is 0 Å². The Morgan fingerprint density at radius 1 is 1.50 bits per heavy atom. The van der Waals surface area contributed by atoms with Gasteiger partial charge in [-0.15, -0.1) is 0 Å². The lowest BCUT2D eigenvalue weighted by Gasteiger charge is -2.01. The van der Waals surface area contributed by atoms with Gasteiger partial charge in [0.25, 0.3) is 0 Å². The zero-order chi connectivity index (χ0) is 8.97. The van der Waals surface area contributed by atoms with Crippen molar-refractivity contribution in [1.82, 2.24) is 4.72 Å². The molecule has 12 heavy (non-hydrogen) atoms. The molecule has 0 fully saturated rings. The van der Waals surface area contributed by atoms with Gasteiger partial charge >= 0.3 is 0 Å². The molecule has 0 heterocycles. The molecule has 0 spiro atoms. The summed E-state index contributed by atoms with van der Waals surface area (Å²) in [4.78, 5) is 11.6. The molecule has 0 saturated carbocycles. The van der Waals surface area contributed by atoms with Crippen LogP contribution in [0, 0.1) is 6.92 Å². The molecule has 0 aliphatic rings. The zero-order valence-corrected chi connectivity index (χ0v) is 7.94. The fraction of sp³-hybridized carbons (Fsp3) is 0.222. The smallest absolute Gasteiger partial charge is 0.226 e. The molecule has 0 saturated heterocycles. The van der Waals surface area contributed by atoms with E-state index in [4.69, 9.17) is 0 Å². The summed E-state index contributed by atoms with van der Waals surface area (Å²) in [6.07, 6.45) is 0. The standard InChI is InChI=1S/C9H11NOS/c1-7-4-3-5-9(6-7)12-10-8(2)11/h3-6H,1-2H3,(H,10,11). The maximum atomic E-state index is 10.6. The van der Waals surface area contributed by atoms with E-state index in [9.17, 15) is 4.79 Å². The van der Waals surface area contributed by atoms with Crippen molar-refractivity contribution in [3.63, 3.8) is 0 Å². The van der Waals surface area contributed by atoms with Crippen LogP contribution in [-0.4, -0.2) is 5.91 Å². The Balaban J connectivity index is 2.57. The summed E-state index contributed by atoms with van der Waals surface area (Å²) in [6.45, 7) is 3.53. The Morgan fingerprint density at radius 2 is 2.25 bits per heavy atom. The Morgan fingerprint density at radius 3 is 2.83 bits per heavy atom. The number of hydrogen-bond donors (Lipinski definition) is 1. The van der Waals surface area contributed by atoms with Crippen molar-refractivity contribution >= 4 is 17.9 Å². The third-order valence-electron chi connectivity index (χ3n) is 1.30. The second-order valence-electron chi connectivity index (χ2n) is 2.58. The molecule has 1 rings (SSSR count). The summed E-state index contributed by atoms with van der Waals surface area (Å²) in [5, 5.41) is 0. The number of benzene rings is 1. The fourth-order valence-electron chi connectivity index (χ4n) is 0.810. The molecule has 1 N–H and O–H groups in total. The number of rotatable bonds is 2. The highest BCUT2D eigenvalue weighted by Crippen LogP contribution is 2.14. The van der Waals surface area contributed by atoms with E-state index in [1.165, 1.54) is 24.4 Å². The van der Waals surface area contributed by atoms with E-state index < -0.39 is 0 Å². The van der Waals surface area contributed by atoms with Crippen LogP contribution in [-0.2, 0) is 4.79 Å². The second-order valence-corrected chi connectivity index (χ2v) is 3.46. The molecule has 2 nitrogen and oxygen atoms in total. The first kappa shape index (κ1) is 9.13. The van der Waals surface area contributed by atoms with Crippen LogP contribution in [0.15, 0.2) is 29.2 Å². The average molecular weight is 181 g/mol. The van der Waals surface area contributed by atoms with Crippen molar-refractivity contribution < 1.29 is 4.79 Å². The Hall–Kier alpha value is -0.960. The summed E-state index contributed by atoms with van der Waals surface area (Å²) in [5.41, 5.74) is 1.20. The average Bonchev–Trinajstić information content (AvgIpc) is 2.01. The summed E-state index contributed by atoms with van der Waals surface area (Å²) < 4.78 is 2.67. The summed E-state index contributed by atoms with van der Waals surface area (Å²) in [6, 6.07) is 7.99. The van der Waals surface area contributed by atoms with Gasteiger partial charge in [-0.25, -0.2) is 0 Å². The maximum Gasteiger partial charge on any atom is 0.226 e. The quantitative estimate of drug-likeness (QED) is 0.708. The molecule has 0 radical (unpaired) electrons. The third-order valence-corrected chi connectivity index (χ3v) is 2.18. The molecule has 0 aliphatic carbocycles. The van der Waals surface area contributed by atoms with E-state index in [0.29, 0.717) is 0 Å². The molecule has 0 atom stereocenters. The number of aryl methyl sites for hydroxylation is 1. The van der Waals surface area contributed by atoms with Crippen molar-refractivity contribution in [2.24, 2.45) is 0 Å². The zero-order valence-electron chi connectivity index (χ0n) is 7.13. The van der Waals surface area contributed by atoms with E-state index in [-0.39, 0.29) is 5.91 Å². The Kier molecular flexibility index (Phi) is 3.17. The third kappa shape index (κ3) is 2.96. The molecule has 1 amide bonds. The predicted molar refractivity (Wildman–Crippen MR) is 50.9 cm³/mol. The Bertz CT molecular complexity index is 286. The highest BCUT2D eigenvalue weighted by molar-refractivity contribution is 7.98. The number of carbonyl (C=O) groups excluding carboxylic acids is 1. The lowest BCUT2D eigenvalue weighted by molar-refractivity contribution is -0.117. The summed E-state index contributed by atoms with van der Waals surface area (Å²) >= 11 is 1.34. The SMILES string of the molecule is CC(=O)NSc1cccc(C)c1. The van der Waals surface area contributed by atoms with Crippen molar-refractivity contribution in [3.05, 3.63) is 29.8 Å². The van der Waals surface area contributed by atoms with Gasteiger partial charge in [-0.3, -0.25) is 9.52 Å². The van der Waals surface area contributed by atoms with Gasteiger partial charge in [-0.1, -0.05) is 12.1 Å². The monoisotopic (exact) mass is 181 g/mol. The minimum absolute atomic E-state index is 0.0264. The van der Waals surface area contributed by atoms with Gasteiger partial charge < -0.3 is 0 Å². The van der Waals surface area contributed by atoms with Crippen LogP contribution >= 0.6 is 11.9 Å². The van der Waals surface area contributed by atoms with Gasteiger partial charge in [0.05, 0.1) is 0 Å². The van der Waals surface area contributed by atoms with Crippen LogP contribution in [0.5, 0.6) is 0 Å². The molecular formula is C9H11NOS. The normalized spacial score (nSPS) is 9.50. The minimum atomic E-state index is -0.0264. The van der Waals surface area contributed by atoms with Gasteiger partial charge in [0.1, 0.15) is 0 Å². The molecular weight excluding hydrogens is 170 g/mol. The van der Waals surface area contributed by atoms with Crippen LogP contribution in [0.2, 0.25) is 0 Å².